The Morgan fingerprint density at radius 3 is 2.20 bits per heavy atom. The predicted octanol–water partition coefficient (Wildman–Crippen LogP) is 6.50. The summed E-state index contributed by atoms with van der Waals surface area (Å²) >= 11 is 0. The maximum Gasteiger partial charge on any atom is 0.458 e. The van der Waals surface area contributed by atoms with Gasteiger partial charge in [-0.2, -0.15) is 13.2 Å². The summed E-state index contributed by atoms with van der Waals surface area (Å²) in [5, 5.41) is 0. The predicted molar refractivity (Wildman–Crippen MR) is 88.7 cm³/mol. The van der Waals surface area contributed by atoms with E-state index < -0.39 is 23.4 Å². The average Bonchev–Trinajstić information content (AvgIpc) is 2.52. The summed E-state index contributed by atoms with van der Waals surface area (Å²) in [6, 6.07) is 2.03. The third-order valence-corrected chi connectivity index (χ3v) is 4.54. The van der Waals surface area contributed by atoms with Crippen LogP contribution in [0.5, 0.6) is 0 Å². The van der Waals surface area contributed by atoms with E-state index in [4.69, 9.17) is 0 Å². The molecule has 25 heavy (non-hydrogen) atoms. The lowest BCUT2D eigenvalue weighted by Crippen LogP contribution is -2.12. The van der Waals surface area contributed by atoms with Crippen molar-refractivity contribution in [1.29, 1.82) is 0 Å². The zero-order valence-electron chi connectivity index (χ0n) is 14.1. The van der Waals surface area contributed by atoms with Crippen LogP contribution in [0.1, 0.15) is 56.6 Å². The third kappa shape index (κ3) is 6.19. The van der Waals surface area contributed by atoms with E-state index >= 15 is 0 Å². The number of halogens is 5. The van der Waals surface area contributed by atoms with Crippen LogP contribution in [0.4, 0.5) is 22.0 Å². The van der Waals surface area contributed by atoms with Crippen molar-refractivity contribution in [1.82, 2.24) is 0 Å². The molecule has 0 amide bonds. The van der Waals surface area contributed by atoms with Crippen LogP contribution in [0.15, 0.2) is 18.2 Å². The van der Waals surface area contributed by atoms with E-state index in [1.165, 1.54) is 18.8 Å². The molecule has 2 rings (SSSR count). The standard InChI is InChI=1S/C20H21F5/c1-2-3-14-4-6-15(7-5-14)8-9-16-12-18(21)17(19(22)13-16)10-11-20(23,24)25/h8-9,12-15H,2-7H2,1H3/b9-8+. The lowest BCUT2D eigenvalue weighted by atomic mass is 9.80. The number of hydrogen-bond donors (Lipinski definition) is 0. The van der Waals surface area contributed by atoms with E-state index in [2.05, 4.69) is 6.92 Å². The molecule has 1 fully saturated rings. The van der Waals surface area contributed by atoms with E-state index in [-0.39, 0.29) is 0 Å². The number of benzene rings is 1. The van der Waals surface area contributed by atoms with Crippen molar-refractivity contribution in [3.8, 4) is 11.8 Å². The van der Waals surface area contributed by atoms with Crippen LogP contribution in [0, 0.1) is 35.3 Å². The fourth-order valence-corrected chi connectivity index (χ4v) is 3.27. The lowest BCUT2D eigenvalue weighted by molar-refractivity contribution is -0.0696. The average molecular weight is 356 g/mol. The molecule has 0 radical (unpaired) electrons. The maximum atomic E-state index is 13.8. The molecular formula is C20H21F5. The van der Waals surface area contributed by atoms with Gasteiger partial charge < -0.3 is 0 Å². The fourth-order valence-electron chi connectivity index (χ4n) is 3.27. The van der Waals surface area contributed by atoms with Crippen molar-refractivity contribution >= 4 is 6.08 Å². The first-order valence-corrected chi connectivity index (χ1v) is 8.55. The SMILES string of the molecule is CCCC1CCC(/C=C/c2cc(F)c(C#CC(F)(F)F)c(F)c2)CC1. The zero-order valence-corrected chi connectivity index (χ0v) is 14.1. The van der Waals surface area contributed by atoms with Gasteiger partial charge in [-0.1, -0.05) is 37.8 Å². The normalized spacial score (nSPS) is 21.2. The molecule has 0 aliphatic heterocycles. The molecule has 1 aromatic rings. The van der Waals surface area contributed by atoms with E-state index in [1.807, 2.05) is 6.08 Å². The van der Waals surface area contributed by atoms with Crippen molar-refractivity contribution in [3.05, 3.63) is 41.0 Å². The summed E-state index contributed by atoms with van der Waals surface area (Å²) < 4.78 is 63.9. The van der Waals surface area contributed by atoms with Crippen LogP contribution < -0.4 is 0 Å². The number of rotatable bonds is 4. The second-order valence-corrected chi connectivity index (χ2v) is 6.54. The Bertz CT molecular complexity index is 645. The molecule has 0 bridgehead atoms. The van der Waals surface area contributed by atoms with E-state index in [1.54, 1.807) is 6.08 Å². The van der Waals surface area contributed by atoms with Gasteiger partial charge in [-0.05, 0) is 55.2 Å². The first-order valence-electron chi connectivity index (χ1n) is 8.55. The monoisotopic (exact) mass is 356 g/mol. The van der Waals surface area contributed by atoms with E-state index in [0.717, 1.165) is 49.7 Å². The summed E-state index contributed by atoms with van der Waals surface area (Å²) in [6.07, 6.45) is 5.67. The van der Waals surface area contributed by atoms with Gasteiger partial charge in [-0.25, -0.2) is 8.78 Å². The highest BCUT2D eigenvalue weighted by Gasteiger charge is 2.23. The Labute approximate surface area is 145 Å². The highest BCUT2D eigenvalue weighted by atomic mass is 19.4. The highest BCUT2D eigenvalue weighted by Crippen LogP contribution is 2.32. The molecule has 0 spiro atoms. The smallest absolute Gasteiger partial charge is 0.205 e. The van der Waals surface area contributed by atoms with E-state index in [0.29, 0.717) is 11.5 Å². The number of allylic oxidation sites excluding steroid dienone is 1. The Morgan fingerprint density at radius 1 is 1.08 bits per heavy atom. The minimum atomic E-state index is -4.78. The highest BCUT2D eigenvalue weighted by molar-refractivity contribution is 5.53. The molecule has 0 saturated heterocycles. The Hall–Kier alpha value is -1.83. The molecule has 0 nitrogen and oxygen atoms in total. The molecule has 5 heteroatoms. The summed E-state index contributed by atoms with van der Waals surface area (Å²) in [5.41, 5.74) is -0.558. The molecule has 1 aliphatic rings. The van der Waals surface area contributed by atoms with Crippen LogP contribution in [0.3, 0.4) is 0 Å². The van der Waals surface area contributed by atoms with Crippen molar-refractivity contribution in [2.24, 2.45) is 11.8 Å². The molecule has 0 aromatic heterocycles. The minimum absolute atomic E-state index is 0.295. The van der Waals surface area contributed by atoms with Crippen LogP contribution >= 0.6 is 0 Å². The molecular weight excluding hydrogens is 335 g/mol. The van der Waals surface area contributed by atoms with Crippen molar-refractivity contribution in [3.63, 3.8) is 0 Å². The lowest BCUT2D eigenvalue weighted by Gasteiger charge is -2.26. The van der Waals surface area contributed by atoms with Crippen LogP contribution in [-0.4, -0.2) is 6.18 Å². The van der Waals surface area contributed by atoms with Gasteiger partial charge in [0.1, 0.15) is 11.6 Å². The molecule has 1 saturated carbocycles. The minimum Gasteiger partial charge on any atom is -0.205 e. The fraction of sp³-hybridized carbons (Fsp3) is 0.500. The molecule has 1 aliphatic carbocycles. The molecule has 0 heterocycles. The topological polar surface area (TPSA) is 0 Å². The van der Waals surface area contributed by atoms with Crippen LogP contribution in [0.25, 0.3) is 6.08 Å². The summed E-state index contributed by atoms with van der Waals surface area (Å²) in [6.45, 7) is 2.18. The van der Waals surface area contributed by atoms with Gasteiger partial charge in [0.15, 0.2) is 0 Å². The van der Waals surface area contributed by atoms with Crippen molar-refractivity contribution in [2.75, 3.05) is 0 Å². The molecule has 136 valence electrons. The Kier molecular flexibility index (Phi) is 6.64. The maximum absolute atomic E-state index is 13.8. The third-order valence-electron chi connectivity index (χ3n) is 4.54. The Morgan fingerprint density at radius 2 is 1.68 bits per heavy atom. The molecule has 0 atom stereocenters. The van der Waals surface area contributed by atoms with Gasteiger partial charge in [0.25, 0.3) is 0 Å². The van der Waals surface area contributed by atoms with Crippen LogP contribution in [0.2, 0.25) is 0 Å². The van der Waals surface area contributed by atoms with Gasteiger partial charge in [-0.15, -0.1) is 0 Å². The van der Waals surface area contributed by atoms with Crippen molar-refractivity contribution < 1.29 is 22.0 Å². The molecule has 0 N–H and O–H groups in total. The van der Waals surface area contributed by atoms with Gasteiger partial charge in [0, 0.05) is 5.92 Å². The van der Waals surface area contributed by atoms with Gasteiger partial charge in [0.05, 0.1) is 5.56 Å². The second-order valence-electron chi connectivity index (χ2n) is 6.54. The first kappa shape index (κ1) is 19.5. The van der Waals surface area contributed by atoms with Crippen LogP contribution in [-0.2, 0) is 0 Å². The van der Waals surface area contributed by atoms with Crippen molar-refractivity contribution in [2.45, 2.75) is 51.6 Å². The van der Waals surface area contributed by atoms with Gasteiger partial charge >= 0.3 is 6.18 Å². The summed E-state index contributed by atoms with van der Waals surface area (Å²) in [5.74, 6) is 1.40. The zero-order chi connectivity index (χ0) is 18.4. The largest absolute Gasteiger partial charge is 0.458 e. The quantitative estimate of drug-likeness (QED) is 0.427. The van der Waals surface area contributed by atoms with Gasteiger partial charge in [-0.3, -0.25) is 0 Å². The second kappa shape index (κ2) is 8.51. The number of alkyl halides is 3. The molecule has 1 aromatic carbocycles. The summed E-state index contributed by atoms with van der Waals surface area (Å²) in [4.78, 5) is 0. The Balaban J connectivity index is 2.05. The number of hydrogen-bond acceptors (Lipinski definition) is 0. The molecule has 0 unspecified atom stereocenters. The first-order chi connectivity index (χ1) is 11.8. The van der Waals surface area contributed by atoms with E-state index in [9.17, 15) is 22.0 Å². The van der Waals surface area contributed by atoms with Gasteiger partial charge in [0.2, 0.25) is 0 Å². The summed E-state index contributed by atoms with van der Waals surface area (Å²) in [7, 11) is 0.